The Bertz CT molecular complexity index is 1450. The van der Waals surface area contributed by atoms with E-state index in [1.807, 2.05) is 49.4 Å². The lowest BCUT2D eigenvalue weighted by atomic mass is 9.69. The molecule has 1 N–H and O–H groups in total. The van der Waals surface area contributed by atoms with Crippen LogP contribution < -0.4 is 4.72 Å². The number of hydrogen-bond acceptors (Lipinski definition) is 3. The molecule has 0 aliphatic heterocycles. The Hall–Kier alpha value is -2.79. The van der Waals surface area contributed by atoms with Gasteiger partial charge in [-0.25, -0.2) is 8.42 Å². The molecule has 1 atom stereocenters. The van der Waals surface area contributed by atoms with Gasteiger partial charge in [0.15, 0.2) is 0 Å². The molecular formula is C28H31NO3S. The lowest BCUT2D eigenvalue weighted by Crippen LogP contribution is -2.28. The molecule has 0 radical (unpaired) electrons. The molecular weight excluding hydrogens is 430 g/mol. The zero-order chi connectivity index (χ0) is 23.4. The van der Waals surface area contributed by atoms with Crippen molar-refractivity contribution < 1.29 is 12.8 Å². The van der Waals surface area contributed by atoms with E-state index in [9.17, 15) is 8.42 Å². The third kappa shape index (κ3) is 3.82. The topological polar surface area (TPSA) is 59.3 Å². The fraction of sp³-hybridized carbons (Fsp3) is 0.357. The molecule has 1 aromatic heterocycles. The minimum Gasteiger partial charge on any atom is -0.460 e. The summed E-state index contributed by atoms with van der Waals surface area (Å²) in [5.74, 6) is 1.63. The first-order chi connectivity index (χ1) is 15.7. The molecule has 1 aliphatic rings. The fourth-order valence-electron chi connectivity index (χ4n) is 5.06. The number of rotatable bonds is 5. The van der Waals surface area contributed by atoms with E-state index in [-0.39, 0.29) is 10.3 Å². The number of anilines is 1. The van der Waals surface area contributed by atoms with Gasteiger partial charge in [0.25, 0.3) is 10.0 Å². The van der Waals surface area contributed by atoms with Crippen LogP contribution in [0.1, 0.15) is 50.5 Å². The molecule has 0 amide bonds. The zero-order valence-electron chi connectivity index (χ0n) is 19.7. The number of sulfonamides is 1. The number of fused-ring (bicyclic) bond motifs is 5. The quantitative estimate of drug-likeness (QED) is 0.341. The number of hydrogen-bond donors (Lipinski definition) is 1. The van der Waals surface area contributed by atoms with E-state index in [4.69, 9.17) is 4.42 Å². The first kappa shape index (κ1) is 22.0. The van der Waals surface area contributed by atoms with E-state index in [0.717, 1.165) is 58.7 Å². The number of nitrogens with one attached hydrogen (secondary N) is 1. The first-order valence-electron chi connectivity index (χ1n) is 11.7. The van der Waals surface area contributed by atoms with Crippen LogP contribution >= 0.6 is 0 Å². The van der Waals surface area contributed by atoms with Crippen molar-refractivity contribution >= 4 is 37.5 Å². The van der Waals surface area contributed by atoms with Gasteiger partial charge >= 0.3 is 0 Å². The lowest BCUT2D eigenvalue weighted by Gasteiger charge is -2.36. The van der Waals surface area contributed by atoms with Gasteiger partial charge in [0.05, 0.1) is 10.6 Å². The Morgan fingerprint density at radius 2 is 1.73 bits per heavy atom. The minimum absolute atomic E-state index is 0.258. The average Bonchev–Trinajstić information content (AvgIpc) is 3.17. The molecule has 0 bridgehead atoms. The molecule has 4 nitrogen and oxygen atoms in total. The van der Waals surface area contributed by atoms with E-state index in [1.54, 1.807) is 12.1 Å². The van der Waals surface area contributed by atoms with Crippen molar-refractivity contribution in [3.8, 4) is 0 Å². The van der Waals surface area contributed by atoms with Crippen molar-refractivity contribution in [1.29, 1.82) is 0 Å². The molecule has 0 spiro atoms. The Kier molecular flexibility index (Phi) is 5.28. The summed E-state index contributed by atoms with van der Waals surface area (Å²) in [6.45, 7) is 8.90. The molecule has 5 heteroatoms. The fourth-order valence-corrected chi connectivity index (χ4v) is 6.13. The minimum atomic E-state index is -3.71. The Morgan fingerprint density at radius 3 is 2.42 bits per heavy atom. The number of aryl methyl sites for hydroxylation is 2. The van der Waals surface area contributed by atoms with E-state index in [0.29, 0.717) is 11.6 Å². The summed E-state index contributed by atoms with van der Waals surface area (Å²) in [4.78, 5) is 0.260. The zero-order valence-corrected chi connectivity index (χ0v) is 20.6. The van der Waals surface area contributed by atoms with Crippen LogP contribution in [0.5, 0.6) is 0 Å². The molecule has 1 heterocycles. The van der Waals surface area contributed by atoms with Crippen LogP contribution in [0.4, 0.5) is 5.69 Å². The van der Waals surface area contributed by atoms with E-state index >= 15 is 0 Å². The van der Waals surface area contributed by atoms with Crippen molar-refractivity contribution in [1.82, 2.24) is 0 Å². The Balaban J connectivity index is 1.65. The van der Waals surface area contributed by atoms with E-state index in [2.05, 4.69) is 25.5 Å². The molecule has 3 aromatic carbocycles. The molecule has 172 valence electrons. The normalized spacial score (nSPS) is 16.8. The van der Waals surface area contributed by atoms with Crippen molar-refractivity contribution in [2.24, 2.45) is 11.3 Å². The predicted molar refractivity (Wildman–Crippen MR) is 135 cm³/mol. The summed E-state index contributed by atoms with van der Waals surface area (Å²) < 4.78 is 35.7. The van der Waals surface area contributed by atoms with Crippen LogP contribution in [0.3, 0.4) is 0 Å². The second-order valence-electron chi connectivity index (χ2n) is 10.1. The van der Waals surface area contributed by atoms with Crippen LogP contribution in [0.25, 0.3) is 21.7 Å². The Labute approximate surface area is 196 Å². The van der Waals surface area contributed by atoms with Gasteiger partial charge in [-0.2, -0.15) is 0 Å². The number of benzene rings is 3. The van der Waals surface area contributed by atoms with Crippen LogP contribution in [-0.2, 0) is 22.9 Å². The standard InChI is InChI=1S/C28H31NO3S/c1-5-28(3,4)19-12-15-26-23(16-19)24-17-25(21-8-6-7-9-22(21)27(24)32-26)29-33(30,31)20-13-10-18(2)11-14-20/h6-11,13-14,17,19,29H,5,12,15-16H2,1-4H3/t19-/m0/s1. The van der Waals surface area contributed by atoms with Crippen LogP contribution in [-0.4, -0.2) is 8.42 Å². The van der Waals surface area contributed by atoms with Crippen molar-refractivity contribution in [3.63, 3.8) is 0 Å². The first-order valence-corrected chi connectivity index (χ1v) is 13.2. The van der Waals surface area contributed by atoms with Gasteiger partial charge in [-0.1, -0.05) is 69.2 Å². The van der Waals surface area contributed by atoms with Crippen molar-refractivity contribution in [3.05, 3.63) is 71.5 Å². The van der Waals surface area contributed by atoms with E-state index in [1.165, 1.54) is 5.56 Å². The predicted octanol–water partition coefficient (Wildman–Crippen LogP) is 7.24. The van der Waals surface area contributed by atoms with Crippen LogP contribution in [0.2, 0.25) is 0 Å². The maximum atomic E-state index is 13.2. The summed E-state index contributed by atoms with van der Waals surface area (Å²) in [5.41, 5.74) is 3.98. The lowest BCUT2D eigenvalue weighted by molar-refractivity contribution is 0.179. The molecule has 4 aromatic rings. The molecule has 33 heavy (non-hydrogen) atoms. The van der Waals surface area contributed by atoms with Crippen molar-refractivity contribution in [2.45, 2.75) is 58.3 Å². The highest BCUT2D eigenvalue weighted by molar-refractivity contribution is 7.92. The molecule has 0 fully saturated rings. The summed E-state index contributed by atoms with van der Waals surface area (Å²) in [6, 6.07) is 16.8. The monoisotopic (exact) mass is 461 g/mol. The van der Waals surface area contributed by atoms with Crippen molar-refractivity contribution in [2.75, 3.05) is 4.72 Å². The summed E-state index contributed by atoms with van der Waals surface area (Å²) in [6.07, 6.45) is 4.15. The van der Waals surface area contributed by atoms with Gasteiger partial charge in [0, 0.05) is 28.1 Å². The largest absolute Gasteiger partial charge is 0.460 e. The molecule has 0 saturated heterocycles. The highest BCUT2D eigenvalue weighted by atomic mass is 32.2. The molecule has 5 rings (SSSR count). The SMILES string of the molecule is CCC(C)(C)[C@H]1CCc2oc3c(cc(NS(=O)(=O)c4ccc(C)cc4)c4ccccc43)c2C1. The van der Waals surface area contributed by atoms with Gasteiger partial charge in [-0.3, -0.25) is 4.72 Å². The van der Waals surface area contributed by atoms with Crippen LogP contribution in [0, 0.1) is 18.3 Å². The van der Waals surface area contributed by atoms with Gasteiger partial charge in [0.2, 0.25) is 0 Å². The second kappa shape index (κ2) is 7.91. The number of furan rings is 1. The molecule has 0 unspecified atom stereocenters. The molecule has 1 aliphatic carbocycles. The van der Waals surface area contributed by atoms with Gasteiger partial charge in [-0.05, 0) is 49.3 Å². The third-order valence-corrected chi connectivity index (χ3v) is 9.03. The Morgan fingerprint density at radius 1 is 1.03 bits per heavy atom. The highest BCUT2D eigenvalue weighted by Crippen LogP contribution is 2.45. The summed E-state index contributed by atoms with van der Waals surface area (Å²) >= 11 is 0. The highest BCUT2D eigenvalue weighted by Gasteiger charge is 2.34. The van der Waals surface area contributed by atoms with Gasteiger partial charge in [0.1, 0.15) is 11.3 Å². The third-order valence-electron chi connectivity index (χ3n) is 7.64. The summed E-state index contributed by atoms with van der Waals surface area (Å²) in [7, 11) is -3.71. The van der Waals surface area contributed by atoms with E-state index < -0.39 is 10.0 Å². The average molecular weight is 462 g/mol. The molecule has 0 saturated carbocycles. The smallest absolute Gasteiger partial charge is 0.261 e. The maximum absolute atomic E-state index is 13.2. The summed E-state index contributed by atoms with van der Waals surface area (Å²) in [5, 5.41) is 2.82. The van der Waals surface area contributed by atoms with Gasteiger partial charge < -0.3 is 4.42 Å². The van der Waals surface area contributed by atoms with Gasteiger partial charge in [-0.15, -0.1) is 0 Å². The van der Waals surface area contributed by atoms with Crippen LogP contribution in [0.15, 0.2) is 63.9 Å². The second-order valence-corrected chi connectivity index (χ2v) is 11.7. The maximum Gasteiger partial charge on any atom is 0.261 e.